The standard InChI is InChI=1S/C21H21N5O2.C10H16O2/c1-13(2)17-10-16(24-20-7-8-23-26(17)20)21(27)22-11-15-5-6-19-18(9-15)25(4)12-14(3)28-19;1-9-2-5-10(6-3-9,7-4-9)8(11)12/h5-10H,1,3,11-12H2,2,4H3,(H,22,27);2-7H2,1H3,(H,11,12). The highest BCUT2D eigenvalue weighted by molar-refractivity contribution is 5.93. The van der Waals surface area contributed by atoms with Crippen LogP contribution < -0.4 is 15.0 Å². The Balaban J connectivity index is 0.000000223. The number of anilines is 1. The molecular formula is C31H37N5O4. The van der Waals surface area contributed by atoms with Gasteiger partial charge in [-0.2, -0.15) is 5.10 Å². The molecule has 7 rings (SSSR count). The van der Waals surface area contributed by atoms with E-state index in [1.165, 1.54) is 0 Å². The van der Waals surface area contributed by atoms with Gasteiger partial charge in [-0.05, 0) is 80.2 Å². The van der Waals surface area contributed by atoms with Crippen molar-refractivity contribution in [2.24, 2.45) is 10.8 Å². The van der Waals surface area contributed by atoms with E-state index >= 15 is 0 Å². The molecule has 4 aliphatic rings. The number of carbonyl (C=O) groups is 2. The SMILES string of the molecule is C=C1CN(C)c2cc(CNC(=O)c3cc(C(=C)C)n4nccc4n3)ccc2O1.CC12CCC(C(=O)O)(CC1)CC2. The van der Waals surface area contributed by atoms with Crippen LogP contribution in [-0.2, 0) is 11.3 Å². The Hall–Kier alpha value is -4.14. The van der Waals surface area contributed by atoms with Gasteiger partial charge >= 0.3 is 5.97 Å². The fraction of sp³-hybridized carbons (Fsp3) is 0.419. The molecule has 0 atom stereocenters. The van der Waals surface area contributed by atoms with Crippen LogP contribution in [0.5, 0.6) is 5.75 Å². The van der Waals surface area contributed by atoms with Gasteiger partial charge in [-0.1, -0.05) is 26.1 Å². The van der Waals surface area contributed by atoms with Gasteiger partial charge in [0.15, 0.2) is 5.65 Å². The van der Waals surface area contributed by atoms with Crippen LogP contribution >= 0.6 is 0 Å². The lowest BCUT2D eigenvalue weighted by atomic mass is 9.54. The first-order chi connectivity index (χ1) is 19.0. The number of likely N-dealkylation sites (N-methyl/N-ethyl adjacent to an activating group) is 1. The summed E-state index contributed by atoms with van der Waals surface area (Å²) in [6.45, 7) is 13.0. The largest absolute Gasteiger partial charge is 0.481 e. The van der Waals surface area contributed by atoms with Crippen molar-refractivity contribution in [3.63, 3.8) is 0 Å². The maximum absolute atomic E-state index is 12.7. The first-order valence-electron chi connectivity index (χ1n) is 13.7. The lowest BCUT2D eigenvalue weighted by molar-refractivity contribution is -0.158. The quantitative estimate of drug-likeness (QED) is 0.439. The molecule has 3 aromatic rings. The van der Waals surface area contributed by atoms with Crippen LogP contribution in [0.1, 0.15) is 74.1 Å². The molecule has 3 saturated carbocycles. The Kier molecular flexibility index (Phi) is 7.16. The lowest BCUT2D eigenvalue weighted by Crippen LogP contribution is -2.44. The number of nitrogens with one attached hydrogen (secondary N) is 1. The van der Waals surface area contributed by atoms with Crippen LogP contribution in [0.2, 0.25) is 0 Å². The van der Waals surface area contributed by atoms with E-state index in [-0.39, 0.29) is 11.3 Å². The summed E-state index contributed by atoms with van der Waals surface area (Å²) in [6, 6.07) is 9.30. The molecule has 0 radical (unpaired) electrons. The maximum Gasteiger partial charge on any atom is 0.309 e. The second kappa shape index (κ2) is 10.4. The predicted octanol–water partition coefficient (Wildman–Crippen LogP) is 5.47. The molecule has 3 fully saturated rings. The average Bonchev–Trinajstić information content (AvgIpc) is 3.41. The molecule has 40 heavy (non-hydrogen) atoms. The van der Waals surface area contributed by atoms with Gasteiger partial charge in [0.05, 0.1) is 29.5 Å². The van der Waals surface area contributed by atoms with E-state index < -0.39 is 5.97 Å². The summed E-state index contributed by atoms with van der Waals surface area (Å²) >= 11 is 0. The molecular weight excluding hydrogens is 506 g/mol. The molecule has 1 aromatic carbocycles. The number of hydrogen-bond donors (Lipinski definition) is 2. The van der Waals surface area contributed by atoms with Crippen LogP contribution in [0.3, 0.4) is 0 Å². The summed E-state index contributed by atoms with van der Waals surface area (Å²) in [4.78, 5) is 30.2. The number of fused-ring (bicyclic) bond motifs is 5. The molecule has 0 saturated heterocycles. The van der Waals surface area contributed by atoms with Crippen molar-refractivity contribution < 1.29 is 19.4 Å². The predicted molar refractivity (Wildman–Crippen MR) is 154 cm³/mol. The number of ether oxygens (including phenoxy) is 1. The Bertz CT molecular complexity index is 1480. The molecule has 0 spiro atoms. The Morgan fingerprint density at radius 2 is 1.82 bits per heavy atom. The number of nitrogens with zero attached hydrogens (tertiary/aromatic N) is 4. The molecule has 9 heteroatoms. The van der Waals surface area contributed by atoms with E-state index in [0.29, 0.717) is 35.6 Å². The molecule has 9 nitrogen and oxygen atoms in total. The molecule has 3 aliphatic carbocycles. The number of allylic oxidation sites excluding steroid dienone is 1. The van der Waals surface area contributed by atoms with Crippen LogP contribution in [0.25, 0.3) is 11.2 Å². The van der Waals surface area contributed by atoms with Crippen molar-refractivity contribution in [2.75, 3.05) is 18.5 Å². The van der Waals surface area contributed by atoms with Crippen LogP contribution in [0.4, 0.5) is 5.69 Å². The minimum absolute atomic E-state index is 0.248. The summed E-state index contributed by atoms with van der Waals surface area (Å²) < 4.78 is 7.34. The molecule has 2 bridgehead atoms. The second-order valence-corrected chi connectivity index (χ2v) is 11.8. The van der Waals surface area contributed by atoms with Crippen molar-refractivity contribution in [3.05, 3.63) is 72.4 Å². The molecule has 1 aliphatic heterocycles. The molecule has 2 aromatic heterocycles. The molecule has 210 valence electrons. The number of benzene rings is 1. The maximum atomic E-state index is 12.7. The monoisotopic (exact) mass is 543 g/mol. The summed E-state index contributed by atoms with van der Waals surface area (Å²) in [5, 5.41) is 16.3. The van der Waals surface area contributed by atoms with Gasteiger partial charge in [0.1, 0.15) is 17.2 Å². The lowest BCUT2D eigenvalue weighted by Gasteiger charge is -2.49. The van der Waals surface area contributed by atoms with E-state index in [9.17, 15) is 9.59 Å². The second-order valence-electron chi connectivity index (χ2n) is 11.8. The minimum atomic E-state index is -0.552. The fourth-order valence-corrected chi connectivity index (χ4v) is 5.90. The van der Waals surface area contributed by atoms with Crippen molar-refractivity contribution in [1.82, 2.24) is 19.9 Å². The summed E-state index contributed by atoms with van der Waals surface area (Å²) in [6.07, 6.45) is 7.77. The molecule has 1 amide bonds. The summed E-state index contributed by atoms with van der Waals surface area (Å²) in [5.41, 5.74) is 4.62. The smallest absolute Gasteiger partial charge is 0.309 e. The van der Waals surface area contributed by atoms with E-state index in [1.807, 2.05) is 32.2 Å². The highest BCUT2D eigenvalue weighted by Gasteiger charge is 2.50. The third kappa shape index (κ3) is 5.33. The topological polar surface area (TPSA) is 109 Å². The molecule has 2 N–H and O–H groups in total. The molecule has 0 unspecified atom stereocenters. The van der Waals surface area contributed by atoms with E-state index in [0.717, 1.165) is 66.8 Å². The van der Waals surface area contributed by atoms with Crippen LogP contribution in [0.15, 0.2) is 55.4 Å². The highest BCUT2D eigenvalue weighted by atomic mass is 16.5. The molecule has 3 heterocycles. The summed E-state index contributed by atoms with van der Waals surface area (Å²) in [5.74, 6) is 0.685. The van der Waals surface area contributed by atoms with E-state index in [2.05, 4.69) is 40.4 Å². The fourth-order valence-electron chi connectivity index (χ4n) is 5.90. The van der Waals surface area contributed by atoms with Gasteiger partial charge < -0.3 is 20.1 Å². The van der Waals surface area contributed by atoms with Crippen molar-refractivity contribution in [3.8, 4) is 5.75 Å². The van der Waals surface area contributed by atoms with Crippen molar-refractivity contribution >= 4 is 28.8 Å². The van der Waals surface area contributed by atoms with Gasteiger partial charge in [0.2, 0.25) is 0 Å². The van der Waals surface area contributed by atoms with Crippen LogP contribution in [-0.4, -0.2) is 45.2 Å². The number of aromatic nitrogens is 3. The normalized spacial score (nSPS) is 23.1. The first-order valence-corrected chi connectivity index (χ1v) is 13.7. The van der Waals surface area contributed by atoms with E-state index in [4.69, 9.17) is 9.84 Å². The van der Waals surface area contributed by atoms with Crippen molar-refractivity contribution in [2.45, 2.75) is 58.9 Å². The Morgan fingerprint density at radius 1 is 1.12 bits per heavy atom. The Labute approximate surface area is 234 Å². The number of carboxylic acids is 1. The van der Waals surface area contributed by atoms with Crippen LogP contribution in [0, 0.1) is 10.8 Å². The zero-order valence-electron chi connectivity index (χ0n) is 23.5. The highest BCUT2D eigenvalue weighted by Crippen LogP contribution is 2.56. The zero-order valence-corrected chi connectivity index (χ0v) is 23.5. The number of rotatable bonds is 5. The third-order valence-electron chi connectivity index (χ3n) is 8.66. The van der Waals surface area contributed by atoms with Gasteiger partial charge in [-0.15, -0.1) is 0 Å². The van der Waals surface area contributed by atoms with Crippen molar-refractivity contribution in [1.29, 1.82) is 0 Å². The van der Waals surface area contributed by atoms with Gasteiger partial charge in [0.25, 0.3) is 5.91 Å². The first kappa shape index (κ1) is 27.4. The third-order valence-corrected chi connectivity index (χ3v) is 8.66. The van der Waals surface area contributed by atoms with Gasteiger partial charge in [0, 0.05) is 19.7 Å². The average molecular weight is 544 g/mol. The number of hydrogen-bond acceptors (Lipinski definition) is 6. The Morgan fingerprint density at radius 3 is 2.48 bits per heavy atom. The number of aliphatic carboxylic acids is 1. The van der Waals surface area contributed by atoms with E-state index in [1.54, 1.807) is 22.8 Å². The zero-order chi connectivity index (χ0) is 28.7. The number of carboxylic acid groups (broad SMARTS) is 1. The van der Waals surface area contributed by atoms with Gasteiger partial charge in [-0.25, -0.2) is 9.50 Å². The van der Waals surface area contributed by atoms with Gasteiger partial charge in [-0.3, -0.25) is 9.59 Å². The number of amides is 1. The minimum Gasteiger partial charge on any atom is -0.481 e. The summed E-state index contributed by atoms with van der Waals surface area (Å²) in [7, 11) is 1.98. The number of carbonyl (C=O) groups excluding carboxylic acids is 1.